The van der Waals surface area contributed by atoms with Crippen molar-refractivity contribution in [2.75, 3.05) is 39.3 Å². The fourth-order valence-electron chi connectivity index (χ4n) is 2.86. The van der Waals surface area contributed by atoms with Crippen LogP contribution in [0.3, 0.4) is 0 Å². The van der Waals surface area contributed by atoms with Crippen molar-refractivity contribution >= 4 is 0 Å². The molecule has 0 saturated carbocycles. The Hall–Kier alpha value is -0.240. The molecule has 6 nitrogen and oxygen atoms in total. The van der Waals surface area contributed by atoms with E-state index in [1.54, 1.807) is 27.7 Å². The van der Waals surface area contributed by atoms with E-state index in [4.69, 9.17) is 0 Å². The highest BCUT2D eigenvalue weighted by Gasteiger charge is 2.12. The van der Waals surface area contributed by atoms with Crippen molar-refractivity contribution in [1.29, 1.82) is 0 Å². The summed E-state index contributed by atoms with van der Waals surface area (Å²) < 4.78 is 0. The van der Waals surface area contributed by atoms with Crippen molar-refractivity contribution in [2.24, 2.45) is 0 Å². The molecule has 0 saturated heterocycles. The van der Waals surface area contributed by atoms with Crippen LogP contribution in [0.4, 0.5) is 0 Å². The predicted octanol–water partition coefficient (Wildman–Crippen LogP) is 0.284. The summed E-state index contributed by atoms with van der Waals surface area (Å²) in [4.78, 5) is 4.19. The van der Waals surface area contributed by atoms with Gasteiger partial charge >= 0.3 is 0 Å². The molecule has 4 N–H and O–H groups in total. The van der Waals surface area contributed by atoms with Crippen molar-refractivity contribution in [3.05, 3.63) is 0 Å². The van der Waals surface area contributed by atoms with E-state index in [1.165, 1.54) is 0 Å². The van der Waals surface area contributed by atoms with E-state index in [1.807, 2.05) is 0 Å². The number of unbranched alkanes of at least 4 members (excludes halogenated alkanes) is 2. The summed E-state index contributed by atoms with van der Waals surface area (Å²) in [7, 11) is 0. The summed E-state index contributed by atoms with van der Waals surface area (Å²) in [5, 5.41) is 38.0. The van der Waals surface area contributed by atoms with E-state index in [0.29, 0.717) is 26.2 Å². The molecule has 0 aromatic rings. The topological polar surface area (TPSA) is 87.4 Å². The van der Waals surface area contributed by atoms with Gasteiger partial charge in [-0.25, -0.2) is 0 Å². The quantitative estimate of drug-likeness (QED) is 0.342. The Labute approximate surface area is 141 Å². The van der Waals surface area contributed by atoms with Crippen molar-refractivity contribution in [2.45, 2.75) is 71.4 Å². The van der Waals surface area contributed by atoms with Crippen LogP contribution in [-0.2, 0) is 0 Å². The minimum atomic E-state index is -0.388. The van der Waals surface area contributed by atoms with Crippen LogP contribution < -0.4 is 0 Å². The third-order valence-electron chi connectivity index (χ3n) is 3.54. The van der Waals surface area contributed by atoms with Gasteiger partial charge in [0.05, 0.1) is 24.4 Å². The molecule has 0 bridgehead atoms. The zero-order valence-electron chi connectivity index (χ0n) is 15.4. The average Bonchev–Trinajstić information content (AvgIpc) is 2.34. The number of rotatable bonds is 14. The van der Waals surface area contributed by atoms with Gasteiger partial charge in [0.25, 0.3) is 0 Å². The van der Waals surface area contributed by atoms with Gasteiger partial charge in [-0.1, -0.05) is 6.42 Å². The molecule has 0 aliphatic rings. The maximum absolute atomic E-state index is 9.50. The first kappa shape index (κ1) is 22.8. The summed E-state index contributed by atoms with van der Waals surface area (Å²) in [5.74, 6) is 0. The molecule has 0 amide bonds. The predicted molar refractivity (Wildman–Crippen MR) is 93.5 cm³/mol. The average molecular weight is 335 g/mol. The van der Waals surface area contributed by atoms with E-state index in [9.17, 15) is 20.4 Å². The summed E-state index contributed by atoms with van der Waals surface area (Å²) in [6.45, 7) is 11.1. The van der Waals surface area contributed by atoms with E-state index in [2.05, 4.69) is 9.80 Å². The highest BCUT2D eigenvalue weighted by Crippen LogP contribution is 2.05. The first-order chi connectivity index (χ1) is 10.7. The van der Waals surface area contributed by atoms with Crippen molar-refractivity contribution in [3.8, 4) is 0 Å². The second-order valence-electron chi connectivity index (χ2n) is 6.98. The van der Waals surface area contributed by atoms with Crippen LogP contribution in [0.15, 0.2) is 0 Å². The molecule has 4 atom stereocenters. The largest absolute Gasteiger partial charge is 0.392 e. The molecule has 4 unspecified atom stereocenters. The second kappa shape index (κ2) is 13.1. The molecule has 0 aliphatic carbocycles. The van der Waals surface area contributed by atoms with Gasteiger partial charge < -0.3 is 20.4 Å². The Morgan fingerprint density at radius 3 is 1.00 bits per heavy atom. The van der Waals surface area contributed by atoms with Gasteiger partial charge in [0.15, 0.2) is 0 Å². The Bertz CT molecular complexity index is 227. The maximum Gasteiger partial charge on any atom is 0.0639 e. The summed E-state index contributed by atoms with van der Waals surface area (Å²) in [6.07, 6.45) is 1.52. The van der Waals surface area contributed by atoms with Crippen molar-refractivity contribution in [1.82, 2.24) is 9.80 Å². The zero-order valence-corrected chi connectivity index (χ0v) is 15.4. The molecule has 0 fully saturated rings. The molecule has 0 rings (SSSR count). The van der Waals surface area contributed by atoms with Crippen LogP contribution in [0.1, 0.15) is 47.0 Å². The summed E-state index contributed by atoms with van der Waals surface area (Å²) >= 11 is 0. The SMILES string of the molecule is CC(O)CN(CCCCCN(CC(C)O)CC(C)O)CC(C)O. The minimum Gasteiger partial charge on any atom is -0.392 e. The van der Waals surface area contributed by atoms with E-state index < -0.39 is 0 Å². The number of nitrogens with zero attached hydrogens (tertiary/aromatic N) is 2. The molecular formula is C17H38N2O4. The van der Waals surface area contributed by atoms with E-state index >= 15 is 0 Å². The lowest BCUT2D eigenvalue weighted by atomic mass is 10.2. The molecular weight excluding hydrogens is 296 g/mol. The molecule has 0 radical (unpaired) electrons. The first-order valence-corrected chi connectivity index (χ1v) is 8.87. The van der Waals surface area contributed by atoms with Crippen LogP contribution in [0.5, 0.6) is 0 Å². The third-order valence-corrected chi connectivity index (χ3v) is 3.54. The normalized spacial score (nSPS) is 17.5. The van der Waals surface area contributed by atoms with Crippen LogP contribution >= 0.6 is 0 Å². The molecule has 0 spiro atoms. The first-order valence-electron chi connectivity index (χ1n) is 8.87. The molecule has 0 aromatic heterocycles. The van der Waals surface area contributed by atoms with Crippen molar-refractivity contribution in [3.63, 3.8) is 0 Å². The van der Waals surface area contributed by atoms with Crippen LogP contribution in [0, 0.1) is 0 Å². The molecule has 0 aromatic carbocycles. The number of hydrogen-bond acceptors (Lipinski definition) is 6. The van der Waals surface area contributed by atoms with Crippen LogP contribution in [-0.4, -0.2) is 93.9 Å². The molecule has 23 heavy (non-hydrogen) atoms. The zero-order chi connectivity index (χ0) is 17.8. The Morgan fingerprint density at radius 2 is 0.783 bits per heavy atom. The number of aliphatic hydroxyl groups excluding tert-OH is 4. The van der Waals surface area contributed by atoms with Gasteiger partial charge in [0.2, 0.25) is 0 Å². The fourth-order valence-corrected chi connectivity index (χ4v) is 2.86. The van der Waals surface area contributed by atoms with Gasteiger partial charge in [0, 0.05) is 26.2 Å². The highest BCUT2D eigenvalue weighted by atomic mass is 16.3. The summed E-state index contributed by atoms with van der Waals surface area (Å²) in [6, 6.07) is 0. The van der Waals surface area contributed by atoms with Gasteiger partial charge in [-0.15, -0.1) is 0 Å². The fraction of sp³-hybridized carbons (Fsp3) is 1.00. The van der Waals surface area contributed by atoms with Crippen molar-refractivity contribution < 1.29 is 20.4 Å². The van der Waals surface area contributed by atoms with Gasteiger partial charge in [-0.3, -0.25) is 9.80 Å². The molecule has 140 valence electrons. The Kier molecular flexibility index (Phi) is 13.0. The Morgan fingerprint density at radius 1 is 0.522 bits per heavy atom. The standard InChI is InChI=1S/C17H38N2O4/c1-14(20)10-18(11-15(2)21)8-6-5-7-9-19(12-16(3)22)13-17(4)23/h14-17,20-23H,5-13H2,1-4H3. The second-order valence-corrected chi connectivity index (χ2v) is 6.98. The lowest BCUT2D eigenvalue weighted by Crippen LogP contribution is -2.37. The smallest absolute Gasteiger partial charge is 0.0639 e. The highest BCUT2D eigenvalue weighted by molar-refractivity contribution is 4.67. The molecule has 0 heterocycles. The lowest BCUT2D eigenvalue weighted by molar-refractivity contribution is 0.0787. The number of hydrogen-bond donors (Lipinski definition) is 4. The summed E-state index contributed by atoms with van der Waals surface area (Å²) in [5.41, 5.74) is 0. The Balaban J connectivity index is 4.00. The van der Waals surface area contributed by atoms with Crippen LogP contribution in [0.2, 0.25) is 0 Å². The van der Waals surface area contributed by atoms with E-state index in [-0.39, 0.29) is 24.4 Å². The van der Waals surface area contributed by atoms with E-state index in [0.717, 1.165) is 32.4 Å². The monoisotopic (exact) mass is 334 g/mol. The lowest BCUT2D eigenvalue weighted by Gasteiger charge is -2.26. The van der Waals surface area contributed by atoms with Gasteiger partial charge in [0.1, 0.15) is 0 Å². The van der Waals surface area contributed by atoms with Gasteiger partial charge in [-0.2, -0.15) is 0 Å². The maximum atomic E-state index is 9.50. The van der Waals surface area contributed by atoms with Gasteiger partial charge in [-0.05, 0) is 53.6 Å². The molecule has 6 heteroatoms. The molecule has 0 aliphatic heterocycles. The minimum absolute atomic E-state index is 0.388. The number of aliphatic hydroxyl groups is 4. The van der Waals surface area contributed by atoms with Crippen LogP contribution in [0.25, 0.3) is 0 Å². The third kappa shape index (κ3) is 15.1.